The third kappa shape index (κ3) is 3.28. The summed E-state index contributed by atoms with van der Waals surface area (Å²) < 4.78 is 17.9. The van der Waals surface area contributed by atoms with E-state index in [-0.39, 0.29) is 17.1 Å². The Labute approximate surface area is 122 Å². The molecule has 2 rings (SSSR count). The number of carbonyl (C=O) groups is 1. The highest BCUT2D eigenvalue weighted by molar-refractivity contribution is 5.97. The van der Waals surface area contributed by atoms with Crippen molar-refractivity contribution in [3.63, 3.8) is 0 Å². The van der Waals surface area contributed by atoms with Crippen LogP contribution in [-0.4, -0.2) is 25.1 Å². The van der Waals surface area contributed by atoms with Gasteiger partial charge in [0.05, 0.1) is 18.4 Å². The number of hydrogen-bond acceptors (Lipinski definition) is 5. The zero-order chi connectivity index (χ0) is 15.4. The fraction of sp³-hybridized carbons (Fsp3) is 0.200. The molecule has 0 saturated heterocycles. The van der Waals surface area contributed by atoms with Crippen molar-refractivity contribution in [2.45, 2.75) is 6.54 Å². The molecular formula is C15H16FN3O2. The Hall–Kier alpha value is -2.63. The van der Waals surface area contributed by atoms with Gasteiger partial charge in [0, 0.05) is 19.8 Å². The first-order chi connectivity index (χ1) is 10.0. The van der Waals surface area contributed by atoms with Gasteiger partial charge in [-0.05, 0) is 23.8 Å². The molecule has 1 heterocycles. The van der Waals surface area contributed by atoms with Gasteiger partial charge in [-0.1, -0.05) is 12.1 Å². The van der Waals surface area contributed by atoms with E-state index in [4.69, 9.17) is 5.73 Å². The number of nitrogens with two attached hydrogens (primary N) is 1. The third-order valence-corrected chi connectivity index (χ3v) is 3.04. The van der Waals surface area contributed by atoms with Crippen molar-refractivity contribution in [1.82, 2.24) is 4.98 Å². The summed E-state index contributed by atoms with van der Waals surface area (Å²) in [5, 5.41) is 0. The van der Waals surface area contributed by atoms with Crippen LogP contribution in [0.15, 0.2) is 36.5 Å². The van der Waals surface area contributed by atoms with E-state index in [0.29, 0.717) is 12.4 Å². The molecule has 0 aliphatic heterocycles. The number of carbonyl (C=O) groups excluding carboxylic acids is 1. The van der Waals surface area contributed by atoms with E-state index in [2.05, 4.69) is 9.72 Å². The van der Waals surface area contributed by atoms with Gasteiger partial charge in [-0.2, -0.15) is 0 Å². The number of esters is 1. The molecular weight excluding hydrogens is 273 g/mol. The molecule has 1 aromatic carbocycles. The van der Waals surface area contributed by atoms with Crippen LogP contribution in [0, 0.1) is 5.82 Å². The summed E-state index contributed by atoms with van der Waals surface area (Å²) in [4.78, 5) is 17.5. The predicted octanol–water partition coefficient (Wildman–Crippen LogP) is 2.23. The van der Waals surface area contributed by atoms with E-state index in [0.717, 1.165) is 5.56 Å². The number of benzene rings is 1. The zero-order valence-electron chi connectivity index (χ0n) is 11.8. The van der Waals surface area contributed by atoms with Gasteiger partial charge in [-0.3, -0.25) is 0 Å². The van der Waals surface area contributed by atoms with Crippen LogP contribution in [0.5, 0.6) is 0 Å². The molecule has 0 radical (unpaired) electrons. The number of hydrogen-bond donors (Lipinski definition) is 1. The van der Waals surface area contributed by atoms with Gasteiger partial charge >= 0.3 is 5.97 Å². The highest BCUT2D eigenvalue weighted by Crippen LogP contribution is 2.24. The van der Waals surface area contributed by atoms with E-state index in [1.165, 1.54) is 31.5 Å². The molecule has 2 aromatic rings. The summed E-state index contributed by atoms with van der Waals surface area (Å²) >= 11 is 0. The van der Waals surface area contributed by atoms with Crippen LogP contribution >= 0.6 is 0 Å². The molecule has 0 aliphatic rings. The molecule has 0 fully saturated rings. The fourth-order valence-corrected chi connectivity index (χ4v) is 2.04. The van der Waals surface area contributed by atoms with E-state index in [1.54, 1.807) is 24.1 Å². The second kappa shape index (κ2) is 6.21. The van der Waals surface area contributed by atoms with Crippen LogP contribution in [-0.2, 0) is 11.3 Å². The average molecular weight is 289 g/mol. The summed E-state index contributed by atoms with van der Waals surface area (Å²) in [7, 11) is 3.06. The summed E-state index contributed by atoms with van der Waals surface area (Å²) in [6.45, 7) is 0.416. The van der Waals surface area contributed by atoms with Crippen LogP contribution in [0.1, 0.15) is 15.9 Å². The van der Waals surface area contributed by atoms with Gasteiger partial charge in [0.15, 0.2) is 5.82 Å². The van der Waals surface area contributed by atoms with Gasteiger partial charge < -0.3 is 15.4 Å². The number of methoxy groups -OCH3 is 1. The van der Waals surface area contributed by atoms with E-state index >= 15 is 0 Å². The smallest absolute Gasteiger partial charge is 0.340 e. The lowest BCUT2D eigenvalue weighted by molar-refractivity contribution is 0.0602. The molecule has 0 aliphatic carbocycles. The molecule has 21 heavy (non-hydrogen) atoms. The molecule has 0 amide bonds. The Bertz CT molecular complexity index is 661. The van der Waals surface area contributed by atoms with E-state index < -0.39 is 5.97 Å². The molecule has 1 aromatic heterocycles. The standard InChI is InChI=1S/C15H16FN3O2/c1-19(9-10-4-3-5-11(16)8-10)14-13(17)12(6-7-18-14)15(20)21-2/h3-8H,9,17H2,1-2H3. The Morgan fingerprint density at radius 1 is 1.43 bits per heavy atom. The maximum absolute atomic E-state index is 13.2. The zero-order valence-corrected chi connectivity index (χ0v) is 11.8. The Morgan fingerprint density at radius 2 is 2.19 bits per heavy atom. The number of rotatable bonds is 4. The molecule has 2 N–H and O–H groups in total. The number of pyridine rings is 1. The Kier molecular flexibility index (Phi) is 4.37. The van der Waals surface area contributed by atoms with Crippen LogP contribution < -0.4 is 10.6 Å². The van der Waals surface area contributed by atoms with Crippen LogP contribution in [0.3, 0.4) is 0 Å². The summed E-state index contributed by atoms with van der Waals surface area (Å²) in [6, 6.07) is 7.77. The first-order valence-electron chi connectivity index (χ1n) is 6.31. The van der Waals surface area contributed by atoms with Crippen LogP contribution in [0.2, 0.25) is 0 Å². The quantitative estimate of drug-likeness (QED) is 0.874. The minimum Gasteiger partial charge on any atom is -0.465 e. The van der Waals surface area contributed by atoms with Gasteiger partial charge in [0.1, 0.15) is 5.82 Å². The molecule has 5 nitrogen and oxygen atoms in total. The second-order valence-electron chi connectivity index (χ2n) is 4.57. The van der Waals surface area contributed by atoms with Crippen molar-refractivity contribution >= 4 is 17.5 Å². The van der Waals surface area contributed by atoms with Crippen molar-refractivity contribution in [3.8, 4) is 0 Å². The largest absolute Gasteiger partial charge is 0.465 e. The molecule has 0 unspecified atom stereocenters. The van der Waals surface area contributed by atoms with Crippen molar-refractivity contribution in [3.05, 3.63) is 53.5 Å². The van der Waals surface area contributed by atoms with Crippen molar-refractivity contribution < 1.29 is 13.9 Å². The van der Waals surface area contributed by atoms with Crippen molar-refractivity contribution in [2.75, 3.05) is 24.8 Å². The molecule has 0 bridgehead atoms. The molecule has 0 atom stereocenters. The topological polar surface area (TPSA) is 68.5 Å². The highest BCUT2D eigenvalue weighted by Gasteiger charge is 2.16. The lowest BCUT2D eigenvalue weighted by Gasteiger charge is -2.20. The number of aromatic nitrogens is 1. The number of anilines is 2. The summed E-state index contributed by atoms with van der Waals surface area (Å²) in [6.07, 6.45) is 1.49. The number of halogens is 1. The van der Waals surface area contributed by atoms with Crippen LogP contribution in [0.4, 0.5) is 15.9 Å². The molecule has 110 valence electrons. The number of nitrogens with zero attached hydrogens (tertiary/aromatic N) is 2. The van der Waals surface area contributed by atoms with E-state index in [9.17, 15) is 9.18 Å². The van der Waals surface area contributed by atoms with Crippen molar-refractivity contribution in [1.29, 1.82) is 0 Å². The minimum atomic E-state index is -0.518. The SMILES string of the molecule is COC(=O)c1ccnc(N(C)Cc2cccc(F)c2)c1N. The van der Waals surface area contributed by atoms with Gasteiger partial charge in [-0.25, -0.2) is 14.2 Å². The average Bonchev–Trinajstić information content (AvgIpc) is 2.46. The molecule has 0 spiro atoms. The minimum absolute atomic E-state index is 0.239. The maximum atomic E-state index is 13.2. The van der Waals surface area contributed by atoms with Gasteiger partial charge in [0.2, 0.25) is 0 Å². The monoisotopic (exact) mass is 289 g/mol. The highest BCUT2D eigenvalue weighted by atomic mass is 19.1. The lowest BCUT2D eigenvalue weighted by Crippen LogP contribution is -2.20. The second-order valence-corrected chi connectivity index (χ2v) is 4.57. The molecule has 6 heteroatoms. The first kappa shape index (κ1) is 14.8. The Morgan fingerprint density at radius 3 is 2.86 bits per heavy atom. The normalized spacial score (nSPS) is 10.2. The predicted molar refractivity (Wildman–Crippen MR) is 78.5 cm³/mol. The maximum Gasteiger partial charge on any atom is 0.340 e. The Balaban J connectivity index is 2.27. The van der Waals surface area contributed by atoms with Gasteiger partial charge in [0.25, 0.3) is 0 Å². The van der Waals surface area contributed by atoms with Gasteiger partial charge in [-0.15, -0.1) is 0 Å². The molecule has 0 saturated carbocycles. The number of ether oxygens (including phenoxy) is 1. The van der Waals surface area contributed by atoms with Crippen LogP contribution in [0.25, 0.3) is 0 Å². The third-order valence-electron chi connectivity index (χ3n) is 3.04. The lowest BCUT2D eigenvalue weighted by atomic mass is 10.2. The first-order valence-corrected chi connectivity index (χ1v) is 6.31. The fourth-order valence-electron chi connectivity index (χ4n) is 2.04. The van der Waals surface area contributed by atoms with Crippen molar-refractivity contribution in [2.24, 2.45) is 0 Å². The summed E-state index contributed by atoms with van der Waals surface area (Å²) in [5.41, 5.74) is 7.24. The number of nitrogen functional groups attached to an aromatic ring is 1. The van der Waals surface area contributed by atoms with E-state index in [1.807, 2.05) is 0 Å². The summed E-state index contributed by atoms with van der Waals surface area (Å²) in [5.74, 6) is -0.373.